The third-order valence-electron chi connectivity index (χ3n) is 4.11. The first kappa shape index (κ1) is 22.8. The second kappa shape index (κ2) is 11.5. The molecule has 27 heavy (non-hydrogen) atoms. The van der Waals surface area contributed by atoms with E-state index >= 15 is 0 Å². The van der Waals surface area contributed by atoms with Gasteiger partial charge in [-0.1, -0.05) is 19.1 Å². The Morgan fingerprint density at radius 2 is 1.93 bits per heavy atom. The molecule has 1 amide bonds. The van der Waals surface area contributed by atoms with Crippen LogP contribution in [0.3, 0.4) is 0 Å². The minimum atomic E-state index is -0.578. The Kier molecular flexibility index (Phi) is 9.70. The number of nitrogens with one attached hydrogen (secondary N) is 2. The predicted octanol–water partition coefficient (Wildman–Crippen LogP) is 2.86. The largest absolute Gasteiger partial charge is 0.497 e. The van der Waals surface area contributed by atoms with E-state index in [2.05, 4.69) is 34.7 Å². The van der Waals surface area contributed by atoms with Crippen LogP contribution in [-0.2, 0) is 6.54 Å². The van der Waals surface area contributed by atoms with Crippen LogP contribution in [0.2, 0.25) is 0 Å². The average Bonchev–Trinajstić information content (AvgIpc) is 3.13. The standard InChI is InChI=1S/C19H26N4O3.HI/c1-13(14-4-6-15(25-3)7-5-14)10-11-22-19(21-2)23-12-16-8-9-17(26-16)18(20)24;/h4-9,13H,10-12H2,1-3H3,(H2,20,24)(H2,21,22,23);1H. The molecule has 0 spiro atoms. The Morgan fingerprint density at radius 1 is 1.22 bits per heavy atom. The topological polar surface area (TPSA) is 102 Å². The van der Waals surface area contributed by atoms with Crippen LogP contribution in [0, 0.1) is 0 Å². The fourth-order valence-corrected chi connectivity index (χ4v) is 2.50. The molecular formula is C19H27IN4O3. The average molecular weight is 486 g/mol. The number of benzene rings is 1. The second-order valence-corrected chi connectivity index (χ2v) is 5.95. The Hall–Kier alpha value is -2.23. The number of hydrogen-bond donors (Lipinski definition) is 3. The van der Waals surface area contributed by atoms with Crippen molar-refractivity contribution in [3.05, 3.63) is 53.5 Å². The molecule has 1 heterocycles. The lowest BCUT2D eigenvalue weighted by Gasteiger charge is -2.15. The summed E-state index contributed by atoms with van der Waals surface area (Å²) in [5.74, 6) is 2.14. The Balaban J connectivity index is 0.00000364. The van der Waals surface area contributed by atoms with Crippen molar-refractivity contribution in [2.45, 2.75) is 25.8 Å². The maximum absolute atomic E-state index is 11.0. The van der Waals surface area contributed by atoms with Gasteiger partial charge in [0.15, 0.2) is 11.7 Å². The number of carbonyl (C=O) groups excluding carboxylic acids is 1. The van der Waals surface area contributed by atoms with Gasteiger partial charge in [-0.2, -0.15) is 0 Å². The zero-order chi connectivity index (χ0) is 18.9. The van der Waals surface area contributed by atoms with Crippen LogP contribution < -0.4 is 21.1 Å². The van der Waals surface area contributed by atoms with E-state index in [1.165, 1.54) is 5.56 Å². The first-order chi connectivity index (χ1) is 12.5. The zero-order valence-electron chi connectivity index (χ0n) is 15.8. The quantitative estimate of drug-likeness (QED) is 0.303. The van der Waals surface area contributed by atoms with E-state index in [1.54, 1.807) is 26.3 Å². The number of guanidine groups is 1. The summed E-state index contributed by atoms with van der Waals surface area (Å²) in [6.45, 7) is 3.38. The minimum Gasteiger partial charge on any atom is -0.497 e. The highest BCUT2D eigenvalue weighted by molar-refractivity contribution is 14.0. The van der Waals surface area contributed by atoms with Gasteiger partial charge >= 0.3 is 0 Å². The Labute approximate surface area is 176 Å². The van der Waals surface area contributed by atoms with Gasteiger partial charge in [0, 0.05) is 13.6 Å². The minimum absolute atomic E-state index is 0. The number of nitrogens with two attached hydrogens (primary N) is 1. The molecule has 1 unspecified atom stereocenters. The third kappa shape index (κ3) is 7.12. The number of furan rings is 1. The highest BCUT2D eigenvalue weighted by Crippen LogP contribution is 2.21. The normalized spacial score (nSPS) is 12.0. The summed E-state index contributed by atoms with van der Waals surface area (Å²) in [6, 6.07) is 11.4. The number of methoxy groups -OCH3 is 1. The van der Waals surface area contributed by atoms with Crippen LogP contribution in [0.5, 0.6) is 5.75 Å². The molecule has 0 aliphatic heterocycles. The summed E-state index contributed by atoms with van der Waals surface area (Å²) in [5, 5.41) is 6.42. The van der Waals surface area contributed by atoms with E-state index in [1.807, 2.05) is 12.1 Å². The summed E-state index contributed by atoms with van der Waals surface area (Å²) >= 11 is 0. The maximum atomic E-state index is 11.0. The predicted molar refractivity (Wildman–Crippen MR) is 117 cm³/mol. The van der Waals surface area contributed by atoms with Crippen molar-refractivity contribution in [3.63, 3.8) is 0 Å². The zero-order valence-corrected chi connectivity index (χ0v) is 18.2. The molecule has 8 heteroatoms. The number of aliphatic imine (C=N–C) groups is 1. The number of carbonyl (C=O) groups is 1. The highest BCUT2D eigenvalue weighted by atomic mass is 127. The number of rotatable bonds is 8. The monoisotopic (exact) mass is 486 g/mol. The molecule has 0 saturated carbocycles. The molecule has 1 atom stereocenters. The number of halogens is 1. The van der Waals surface area contributed by atoms with Crippen molar-refractivity contribution in [2.75, 3.05) is 20.7 Å². The molecule has 1 aromatic heterocycles. The third-order valence-corrected chi connectivity index (χ3v) is 4.11. The number of nitrogens with zero attached hydrogens (tertiary/aromatic N) is 1. The molecule has 148 valence electrons. The van der Waals surface area contributed by atoms with Crippen LogP contribution in [0.15, 0.2) is 45.8 Å². The van der Waals surface area contributed by atoms with Crippen molar-refractivity contribution in [1.29, 1.82) is 0 Å². The van der Waals surface area contributed by atoms with Gasteiger partial charge in [0.05, 0.1) is 13.7 Å². The van der Waals surface area contributed by atoms with Gasteiger partial charge in [-0.3, -0.25) is 9.79 Å². The Bertz CT molecular complexity index is 744. The molecule has 7 nitrogen and oxygen atoms in total. The highest BCUT2D eigenvalue weighted by Gasteiger charge is 2.09. The van der Waals surface area contributed by atoms with Gasteiger partial charge in [-0.25, -0.2) is 0 Å². The lowest BCUT2D eigenvalue weighted by atomic mass is 9.98. The molecule has 4 N–H and O–H groups in total. The summed E-state index contributed by atoms with van der Waals surface area (Å²) < 4.78 is 10.5. The molecular weight excluding hydrogens is 459 g/mol. The van der Waals surface area contributed by atoms with Gasteiger partial charge in [0.1, 0.15) is 11.5 Å². The first-order valence-corrected chi connectivity index (χ1v) is 8.50. The second-order valence-electron chi connectivity index (χ2n) is 5.95. The molecule has 0 aliphatic rings. The molecule has 2 rings (SSSR count). The van der Waals surface area contributed by atoms with Gasteiger partial charge in [-0.15, -0.1) is 24.0 Å². The van der Waals surface area contributed by atoms with Crippen LogP contribution in [0.25, 0.3) is 0 Å². The van der Waals surface area contributed by atoms with Crippen LogP contribution in [-0.4, -0.2) is 32.6 Å². The molecule has 0 fully saturated rings. The van der Waals surface area contributed by atoms with Gasteiger partial charge < -0.3 is 25.5 Å². The van der Waals surface area contributed by atoms with Crippen LogP contribution in [0.1, 0.15) is 41.1 Å². The van der Waals surface area contributed by atoms with E-state index in [-0.39, 0.29) is 29.7 Å². The molecule has 1 aromatic carbocycles. The van der Waals surface area contributed by atoms with E-state index in [4.69, 9.17) is 14.9 Å². The van der Waals surface area contributed by atoms with Crippen molar-refractivity contribution in [2.24, 2.45) is 10.7 Å². The van der Waals surface area contributed by atoms with Gasteiger partial charge in [0.2, 0.25) is 0 Å². The SMILES string of the molecule is CN=C(NCCC(C)c1ccc(OC)cc1)NCc1ccc(C(N)=O)o1.I. The molecule has 0 aliphatic carbocycles. The van der Waals surface area contributed by atoms with Crippen molar-refractivity contribution >= 4 is 35.8 Å². The number of hydrogen-bond acceptors (Lipinski definition) is 4. The molecule has 0 saturated heterocycles. The lowest BCUT2D eigenvalue weighted by Crippen LogP contribution is -2.37. The Morgan fingerprint density at radius 3 is 2.48 bits per heavy atom. The summed E-state index contributed by atoms with van der Waals surface area (Å²) in [4.78, 5) is 15.2. The van der Waals surface area contributed by atoms with E-state index in [0.717, 1.165) is 18.7 Å². The lowest BCUT2D eigenvalue weighted by molar-refractivity contribution is 0.0972. The smallest absolute Gasteiger partial charge is 0.284 e. The number of primary amides is 1. The van der Waals surface area contributed by atoms with Crippen LogP contribution >= 0.6 is 24.0 Å². The van der Waals surface area contributed by atoms with E-state index in [9.17, 15) is 4.79 Å². The summed E-state index contributed by atoms with van der Waals surface area (Å²) in [5.41, 5.74) is 6.44. The van der Waals surface area contributed by atoms with E-state index in [0.29, 0.717) is 24.2 Å². The molecule has 0 bridgehead atoms. The molecule has 0 radical (unpaired) electrons. The van der Waals surface area contributed by atoms with Crippen LogP contribution in [0.4, 0.5) is 0 Å². The number of ether oxygens (including phenoxy) is 1. The van der Waals surface area contributed by atoms with Gasteiger partial charge in [-0.05, 0) is 42.2 Å². The van der Waals surface area contributed by atoms with Crippen molar-refractivity contribution in [3.8, 4) is 5.75 Å². The van der Waals surface area contributed by atoms with Crippen molar-refractivity contribution < 1.29 is 13.9 Å². The fourth-order valence-electron chi connectivity index (χ4n) is 2.50. The summed E-state index contributed by atoms with van der Waals surface area (Å²) in [7, 11) is 3.37. The van der Waals surface area contributed by atoms with Gasteiger partial charge in [0.25, 0.3) is 5.91 Å². The first-order valence-electron chi connectivity index (χ1n) is 8.50. The maximum Gasteiger partial charge on any atom is 0.284 e. The fraction of sp³-hybridized carbons (Fsp3) is 0.368. The van der Waals surface area contributed by atoms with Crippen molar-refractivity contribution in [1.82, 2.24) is 10.6 Å². The summed E-state index contributed by atoms with van der Waals surface area (Å²) in [6.07, 6.45) is 0.958. The number of amides is 1. The van der Waals surface area contributed by atoms with E-state index < -0.39 is 5.91 Å². The molecule has 2 aromatic rings.